The van der Waals surface area contributed by atoms with Crippen LogP contribution in [-0.2, 0) is 0 Å². The first-order valence-electron chi connectivity index (χ1n) is 5.11. The van der Waals surface area contributed by atoms with Gasteiger partial charge in [-0.25, -0.2) is 10.1 Å². The van der Waals surface area contributed by atoms with Crippen LogP contribution in [0.5, 0.6) is 0 Å². The van der Waals surface area contributed by atoms with E-state index in [1.165, 1.54) is 0 Å². The van der Waals surface area contributed by atoms with Gasteiger partial charge in [0.15, 0.2) is 5.03 Å². The normalized spacial score (nSPS) is 9.29. The molecule has 0 N–H and O–H groups in total. The Bertz CT molecular complexity index is 134. The van der Waals surface area contributed by atoms with Crippen LogP contribution in [0.1, 0.15) is 27.7 Å². The Labute approximate surface area is 86.8 Å². The molecule has 0 amide bonds. The Balaban J connectivity index is 0. The first kappa shape index (κ1) is 15.6. The summed E-state index contributed by atoms with van der Waals surface area (Å²) in [7, 11) is 2.11. The molecule has 5 nitrogen and oxygen atoms in total. The summed E-state index contributed by atoms with van der Waals surface area (Å²) in [6.45, 7) is 11.1. The van der Waals surface area contributed by atoms with Gasteiger partial charge >= 0.3 is 0 Å². The molecular weight excluding hydrogens is 182 g/mol. The molecule has 0 radical (unpaired) electrons. The highest BCUT2D eigenvalue weighted by molar-refractivity contribution is 4.36. The van der Waals surface area contributed by atoms with E-state index in [0.717, 1.165) is 18.1 Å². The molecular formula is C9H23N3O2. The maximum atomic E-state index is 9.89. The fourth-order valence-corrected chi connectivity index (χ4v) is 0.678. The van der Waals surface area contributed by atoms with Gasteiger partial charge in [0, 0.05) is 0 Å². The average Bonchev–Trinajstić information content (AvgIpc) is 2.19. The summed E-state index contributed by atoms with van der Waals surface area (Å²) in [5.41, 5.74) is 0. The molecule has 0 atom stereocenters. The molecule has 0 saturated heterocycles. The highest BCUT2D eigenvalue weighted by Gasteiger charge is 2.04. The summed E-state index contributed by atoms with van der Waals surface area (Å²) in [5.74, 6) is 0. The van der Waals surface area contributed by atoms with Crippen LogP contribution in [0, 0.1) is 10.1 Å². The van der Waals surface area contributed by atoms with Gasteiger partial charge in [-0.15, -0.1) is 5.01 Å². The Kier molecular flexibility index (Phi) is 11.4. The Morgan fingerprint density at radius 2 is 1.36 bits per heavy atom. The molecule has 5 heteroatoms. The minimum atomic E-state index is -0.389. The van der Waals surface area contributed by atoms with Gasteiger partial charge in [0.1, 0.15) is 0 Å². The SMILES string of the molecule is CCN(C)CC.CCN(CC)[N+](=O)[O-]. The van der Waals surface area contributed by atoms with Crippen molar-refractivity contribution in [3.63, 3.8) is 0 Å². The molecule has 0 saturated carbocycles. The highest BCUT2D eigenvalue weighted by atomic mass is 16.7. The molecule has 0 aromatic heterocycles. The molecule has 14 heavy (non-hydrogen) atoms. The number of hydrazine groups is 1. The summed E-state index contributed by atoms with van der Waals surface area (Å²) in [6.07, 6.45) is 0. The maximum absolute atomic E-state index is 9.89. The Hall–Kier alpha value is -0.840. The van der Waals surface area contributed by atoms with E-state index in [4.69, 9.17) is 0 Å². The molecule has 0 heterocycles. The fraction of sp³-hybridized carbons (Fsp3) is 1.00. The van der Waals surface area contributed by atoms with Crippen LogP contribution in [0.4, 0.5) is 0 Å². The van der Waals surface area contributed by atoms with Crippen molar-refractivity contribution >= 4 is 0 Å². The third kappa shape index (κ3) is 9.25. The predicted molar refractivity (Wildman–Crippen MR) is 58.8 cm³/mol. The van der Waals surface area contributed by atoms with E-state index in [2.05, 4.69) is 25.8 Å². The van der Waals surface area contributed by atoms with Crippen molar-refractivity contribution in [2.75, 3.05) is 33.2 Å². The van der Waals surface area contributed by atoms with Crippen molar-refractivity contribution in [3.05, 3.63) is 10.1 Å². The lowest BCUT2D eigenvalue weighted by Gasteiger charge is -2.07. The summed E-state index contributed by atoms with van der Waals surface area (Å²) in [5, 5.41) is 10.6. The molecule has 0 aliphatic rings. The van der Waals surface area contributed by atoms with E-state index in [1.54, 1.807) is 13.8 Å². The minimum absolute atomic E-state index is 0.389. The lowest BCUT2D eigenvalue weighted by atomic mass is 10.6. The molecule has 0 spiro atoms. The standard InChI is InChI=1S/C5H13N.C4H10N2O2/c1-4-6(3)5-2;1-3-5(4-2)6(7)8/h4-5H2,1-3H3;3-4H2,1-2H3. The first-order valence-corrected chi connectivity index (χ1v) is 5.11. The Morgan fingerprint density at radius 3 is 1.36 bits per heavy atom. The number of rotatable bonds is 5. The van der Waals surface area contributed by atoms with Crippen LogP contribution in [-0.4, -0.2) is 48.2 Å². The topological polar surface area (TPSA) is 49.6 Å². The van der Waals surface area contributed by atoms with E-state index in [1.807, 2.05) is 0 Å². The molecule has 0 aromatic rings. The summed E-state index contributed by atoms with van der Waals surface area (Å²) < 4.78 is 0. The van der Waals surface area contributed by atoms with Crippen LogP contribution >= 0.6 is 0 Å². The van der Waals surface area contributed by atoms with Gasteiger partial charge in [0.25, 0.3) is 0 Å². The molecule has 0 aromatic carbocycles. The van der Waals surface area contributed by atoms with E-state index < -0.39 is 0 Å². The van der Waals surface area contributed by atoms with Crippen molar-refractivity contribution in [1.82, 2.24) is 9.91 Å². The second kappa shape index (κ2) is 10.2. The van der Waals surface area contributed by atoms with Crippen LogP contribution in [0.3, 0.4) is 0 Å². The molecule has 86 valence electrons. The van der Waals surface area contributed by atoms with Crippen molar-refractivity contribution in [2.45, 2.75) is 27.7 Å². The zero-order valence-electron chi connectivity index (χ0n) is 9.99. The molecule has 0 aliphatic carbocycles. The second-order valence-electron chi connectivity index (χ2n) is 2.87. The number of nitro groups is 1. The van der Waals surface area contributed by atoms with Crippen LogP contribution in [0.2, 0.25) is 0 Å². The van der Waals surface area contributed by atoms with Gasteiger partial charge in [-0.05, 0) is 34.0 Å². The van der Waals surface area contributed by atoms with Crippen molar-refractivity contribution in [3.8, 4) is 0 Å². The molecule has 0 bridgehead atoms. The van der Waals surface area contributed by atoms with E-state index in [9.17, 15) is 10.1 Å². The monoisotopic (exact) mass is 205 g/mol. The second-order valence-corrected chi connectivity index (χ2v) is 2.87. The maximum Gasteiger partial charge on any atom is 0.160 e. The minimum Gasteiger partial charge on any atom is -0.307 e. The number of hydrogen-bond acceptors (Lipinski definition) is 3. The lowest BCUT2D eigenvalue weighted by Crippen LogP contribution is -2.28. The van der Waals surface area contributed by atoms with Gasteiger partial charge in [-0.2, -0.15) is 0 Å². The van der Waals surface area contributed by atoms with Crippen LogP contribution in [0.25, 0.3) is 0 Å². The van der Waals surface area contributed by atoms with Crippen LogP contribution < -0.4 is 0 Å². The molecule has 0 rings (SSSR count). The zero-order chi connectivity index (χ0) is 11.6. The zero-order valence-corrected chi connectivity index (χ0v) is 9.99. The van der Waals surface area contributed by atoms with Gasteiger partial charge < -0.3 is 4.90 Å². The van der Waals surface area contributed by atoms with Gasteiger partial charge in [-0.1, -0.05) is 13.8 Å². The number of nitrogens with zero attached hydrogens (tertiary/aromatic N) is 3. The van der Waals surface area contributed by atoms with Crippen molar-refractivity contribution in [1.29, 1.82) is 0 Å². The van der Waals surface area contributed by atoms with Gasteiger partial charge in [0.05, 0.1) is 13.1 Å². The third-order valence-corrected chi connectivity index (χ3v) is 2.04. The quantitative estimate of drug-likeness (QED) is 0.504. The third-order valence-electron chi connectivity index (χ3n) is 2.04. The summed E-state index contributed by atoms with van der Waals surface area (Å²) in [4.78, 5) is 12.1. The summed E-state index contributed by atoms with van der Waals surface area (Å²) >= 11 is 0. The lowest BCUT2D eigenvalue weighted by molar-refractivity contribution is -0.654. The van der Waals surface area contributed by atoms with Crippen molar-refractivity contribution < 1.29 is 5.03 Å². The fourth-order valence-electron chi connectivity index (χ4n) is 0.678. The number of hydrogen-bond donors (Lipinski definition) is 0. The Morgan fingerprint density at radius 1 is 1.00 bits per heavy atom. The molecule has 0 aliphatic heterocycles. The van der Waals surface area contributed by atoms with Gasteiger partial charge in [0.2, 0.25) is 0 Å². The van der Waals surface area contributed by atoms with Crippen molar-refractivity contribution in [2.24, 2.45) is 0 Å². The largest absolute Gasteiger partial charge is 0.307 e. The summed E-state index contributed by atoms with van der Waals surface area (Å²) in [6, 6.07) is 0. The van der Waals surface area contributed by atoms with E-state index in [-0.39, 0.29) is 5.03 Å². The van der Waals surface area contributed by atoms with Crippen LogP contribution in [0.15, 0.2) is 0 Å². The van der Waals surface area contributed by atoms with E-state index in [0.29, 0.717) is 13.1 Å². The average molecular weight is 205 g/mol. The van der Waals surface area contributed by atoms with E-state index >= 15 is 0 Å². The molecule has 0 unspecified atom stereocenters. The predicted octanol–water partition coefficient (Wildman–Crippen LogP) is 1.48. The highest BCUT2D eigenvalue weighted by Crippen LogP contribution is 1.83. The van der Waals surface area contributed by atoms with Gasteiger partial charge in [-0.3, -0.25) is 0 Å². The molecule has 0 fully saturated rings. The smallest absolute Gasteiger partial charge is 0.160 e. The first-order chi connectivity index (χ1) is 6.53.